The summed E-state index contributed by atoms with van der Waals surface area (Å²) in [5.41, 5.74) is 0. The first-order valence-corrected chi connectivity index (χ1v) is 8.18. The van der Waals surface area contributed by atoms with E-state index in [0.717, 1.165) is 6.04 Å². The number of allylic oxidation sites excluding steroid dienone is 2. The Kier molecular flexibility index (Phi) is 4.39. The fraction of sp³-hybridized carbons (Fsp3) is 0.765. The number of piperazine rings is 1. The minimum atomic E-state index is 0.705. The fourth-order valence-corrected chi connectivity index (χ4v) is 3.96. The third-order valence-corrected chi connectivity index (χ3v) is 5.06. The van der Waals surface area contributed by atoms with Gasteiger partial charge in [0.25, 0.3) is 0 Å². The van der Waals surface area contributed by atoms with Crippen molar-refractivity contribution < 1.29 is 0 Å². The molecule has 0 radical (unpaired) electrons. The van der Waals surface area contributed by atoms with Gasteiger partial charge in [0.1, 0.15) is 0 Å². The summed E-state index contributed by atoms with van der Waals surface area (Å²) in [5, 5.41) is 0. The largest absolute Gasteiger partial charge is 0.294 e. The monoisotopic (exact) mass is 260 g/mol. The van der Waals surface area contributed by atoms with E-state index in [-0.39, 0.29) is 0 Å². The van der Waals surface area contributed by atoms with Gasteiger partial charge in [-0.1, -0.05) is 24.3 Å². The van der Waals surface area contributed by atoms with Crippen LogP contribution in [0.25, 0.3) is 0 Å². The Bertz CT molecular complexity index is 347. The lowest BCUT2D eigenvalue weighted by atomic mass is 9.96. The van der Waals surface area contributed by atoms with Gasteiger partial charge < -0.3 is 0 Å². The molecule has 0 amide bonds. The van der Waals surface area contributed by atoms with Crippen LogP contribution in [0.3, 0.4) is 0 Å². The standard InChI is InChI=1S/C17H28N2/c1-15-14-18(16-8-4-2-5-9-16)12-13-19(15)17-10-6-3-7-11-17/h4,6,8,10,15-17H,2-3,5,7,9,11-14H2,1H3/t15-,16?,17?/m1/s1. The van der Waals surface area contributed by atoms with Crippen LogP contribution in [-0.4, -0.2) is 47.6 Å². The maximum Gasteiger partial charge on any atom is 0.0282 e. The maximum atomic E-state index is 2.73. The van der Waals surface area contributed by atoms with Crippen LogP contribution in [0.15, 0.2) is 24.3 Å². The van der Waals surface area contributed by atoms with E-state index >= 15 is 0 Å². The van der Waals surface area contributed by atoms with Gasteiger partial charge in [-0.15, -0.1) is 0 Å². The average molecular weight is 260 g/mol. The second-order valence-electron chi connectivity index (χ2n) is 6.43. The van der Waals surface area contributed by atoms with Crippen molar-refractivity contribution in [2.75, 3.05) is 19.6 Å². The summed E-state index contributed by atoms with van der Waals surface area (Å²) in [4.78, 5) is 5.45. The molecule has 3 rings (SSSR count). The van der Waals surface area contributed by atoms with Crippen molar-refractivity contribution in [2.24, 2.45) is 0 Å². The van der Waals surface area contributed by atoms with Gasteiger partial charge in [-0.3, -0.25) is 9.80 Å². The van der Waals surface area contributed by atoms with Gasteiger partial charge in [-0.05, 0) is 45.4 Å². The molecule has 19 heavy (non-hydrogen) atoms. The van der Waals surface area contributed by atoms with Crippen LogP contribution < -0.4 is 0 Å². The highest BCUT2D eigenvalue weighted by molar-refractivity contribution is 5.04. The Morgan fingerprint density at radius 1 is 0.895 bits per heavy atom. The highest BCUT2D eigenvalue weighted by Crippen LogP contribution is 2.24. The first-order chi connectivity index (χ1) is 9.34. The van der Waals surface area contributed by atoms with Crippen molar-refractivity contribution in [1.82, 2.24) is 9.80 Å². The van der Waals surface area contributed by atoms with Crippen LogP contribution >= 0.6 is 0 Å². The molecule has 1 fully saturated rings. The summed E-state index contributed by atoms with van der Waals surface area (Å²) in [6.07, 6.45) is 17.7. The number of nitrogens with zero attached hydrogens (tertiary/aromatic N) is 2. The minimum Gasteiger partial charge on any atom is -0.294 e. The van der Waals surface area contributed by atoms with Crippen molar-refractivity contribution in [3.8, 4) is 0 Å². The zero-order valence-corrected chi connectivity index (χ0v) is 12.3. The third-order valence-electron chi connectivity index (χ3n) is 5.06. The Labute approximate surface area is 118 Å². The average Bonchev–Trinajstić information content (AvgIpc) is 2.49. The molecule has 1 heterocycles. The lowest BCUT2D eigenvalue weighted by Gasteiger charge is -2.46. The van der Waals surface area contributed by atoms with Crippen LogP contribution in [0.2, 0.25) is 0 Å². The predicted molar refractivity (Wildman–Crippen MR) is 81.3 cm³/mol. The van der Waals surface area contributed by atoms with Crippen molar-refractivity contribution in [3.05, 3.63) is 24.3 Å². The molecule has 0 aromatic heterocycles. The molecular formula is C17H28N2. The number of hydrogen-bond acceptors (Lipinski definition) is 2. The molecule has 1 saturated heterocycles. The molecule has 0 N–H and O–H groups in total. The normalized spacial score (nSPS) is 37.6. The zero-order chi connectivity index (χ0) is 13.1. The second kappa shape index (κ2) is 6.23. The van der Waals surface area contributed by atoms with E-state index in [0.29, 0.717) is 12.1 Å². The van der Waals surface area contributed by atoms with E-state index in [4.69, 9.17) is 0 Å². The molecule has 0 saturated carbocycles. The minimum absolute atomic E-state index is 0.705. The number of hydrogen-bond donors (Lipinski definition) is 0. The van der Waals surface area contributed by atoms with Gasteiger partial charge in [0.15, 0.2) is 0 Å². The first-order valence-electron chi connectivity index (χ1n) is 8.18. The molecular weight excluding hydrogens is 232 g/mol. The molecule has 3 aliphatic rings. The quantitative estimate of drug-likeness (QED) is 0.704. The first kappa shape index (κ1) is 13.4. The molecule has 0 aromatic rings. The molecule has 2 heteroatoms. The zero-order valence-electron chi connectivity index (χ0n) is 12.3. The van der Waals surface area contributed by atoms with Crippen molar-refractivity contribution >= 4 is 0 Å². The lowest BCUT2D eigenvalue weighted by Crippen LogP contribution is -2.57. The summed E-state index contributed by atoms with van der Waals surface area (Å²) in [6, 6.07) is 2.14. The summed E-state index contributed by atoms with van der Waals surface area (Å²) in [7, 11) is 0. The Hall–Kier alpha value is -0.600. The Morgan fingerprint density at radius 2 is 1.58 bits per heavy atom. The van der Waals surface area contributed by atoms with Crippen LogP contribution in [-0.2, 0) is 0 Å². The van der Waals surface area contributed by atoms with Gasteiger partial charge in [-0.2, -0.15) is 0 Å². The molecule has 106 valence electrons. The SMILES string of the molecule is C[C@@H]1CN(C2C=CCCC2)CCN1C1C=CCCC1. The van der Waals surface area contributed by atoms with Gasteiger partial charge >= 0.3 is 0 Å². The van der Waals surface area contributed by atoms with Crippen LogP contribution in [0.4, 0.5) is 0 Å². The topological polar surface area (TPSA) is 6.48 Å². The summed E-state index contributed by atoms with van der Waals surface area (Å²) >= 11 is 0. The van der Waals surface area contributed by atoms with Gasteiger partial charge in [0.2, 0.25) is 0 Å². The summed E-state index contributed by atoms with van der Waals surface area (Å²) in [5.74, 6) is 0. The molecule has 0 spiro atoms. The molecule has 1 aliphatic heterocycles. The third kappa shape index (κ3) is 3.11. The van der Waals surface area contributed by atoms with Crippen molar-refractivity contribution in [1.29, 1.82) is 0 Å². The van der Waals surface area contributed by atoms with E-state index in [1.807, 2.05) is 0 Å². The van der Waals surface area contributed by atoms with Gasteiger partial charge in [-0.25, -0.2) is 0 Å². The van der Waals surface area contributed by atoms with Crippen LogP contribution in [0.1, 0.15) is 45.4 Å². The molecule has 2 unspecified atom stereocenters. The van der Waals surface area contributed by atoms with E-state index in [1.54, 1.807) is 0 Å². The van der Waals surface area contributed by atoms with E-state index in [2.05, 4.69) is 41.0 Å². The van der Waals surface area contributed by atoms with E-state index in [9.17, 15) is 0 Å². The lowest BCUT2D eigenvalue weighted by molar-refractivity contribution is 0.0429. The summed E-state index contributed by atoms with van der Waals surface area (Å²) < 4.78 is 0. The molecule has 0 aromatic carbocycles. The van der Waals surface area contributed by atoms with Gasteiger partial charge in [0, 0.05) is 37.8 Å². The molecule has 3 atom stereocenters. The number of rotatable bonds is 2. The van der Waals surface area contributed by atoms with Crippen molar-refractivity contribution in [2.45, 2.75) is 63.6 Å². The van der Waals surface area contributed by atoms with Crippen molar-refractivity contribution in [3.63, 3.8) is 0 Å². The van der Waals surface area contributed by atoms with Crippen LogP contribution in [0.5, 0.6) is 0 Å². The van der Waals surface area contributed by atoms with E-state index < -0.39 is 0 Å². The summed E-state index contributed by atoms with van der Waals surface area (Å²) in [6.45, 7) is 6.17. The smallest absolute Gasteiger partial charge is 0.0282 e. The Balaban J connectivity index is 1.58. The molecule has 0 bridgehead atoms. The predicted octanol–water partition coefficient (Wildman–Crippen LogP) is 3.21. The Morgan fingerprint density at radius 3 is 2.16 bits per heavy atom. The highest BCUT2D eigenvalue weighted by Gasteiger charge is 2.31. The second-order valence-corrected chi connectivity index (χ2v) is 6.43. The molecule has 2 aliphatic carbocycles. The molecule has 2 nitrogen and oxygen atoms in total. The highest BCUT2D eigenvalue weighted by atomic mass is 15.3. The van der Waals surface area contributed by atoms with Crippen LogP contribution in [0, 0.1) is 0 Å². The van der Waals surface area contributed by atoms with Gasteiger partial charge in [0.05, 0.1) is 0 Å². The van der Waals surface area contributed by atoms with E-state index in [1.165, 1.54) is 58.2 Å². The maximum absolute atomic E-state index is 2.73. The fourth-order valence-electron chi connectivity index (χ4n) is 3.96.